The number of hydrogen-bond acceptors (Lipinski definition) is 3. The van der Waals surface area contributed by atoms with Crippen LogP contribution < -0.4 is 10.5 Å². The Morgan fingerprint density at radius 3 is 2.76 bits per heavy atom. The summed E-state index contributed by atoms with van der Waals surface area (Å²) < 4.78 is 12.2. The largest absolute Gasteiger partial charge is 0.496 e. The predicted octanol–water partition coefficient (Wildman–Crippen LogP) is 4.45. The van der Waals surface area contributed by atoms with Crippen molar-refractivity contribution in [3.63, 3.8) is 0 Å². The summed E-state index contributed by atoms with van der Waals surface area (Å²) in [7, 11) is 1.67. The number of rotatable bonds is 4. The summed E-state index contributed by atoms with van der Waals surface area (Å²) in [5, 5.41) is 1.07. The van der Waals surface area contributed by atoms with Gasteiger partial charge in [-0.2, -0.15) is 0 Å². The lowest BCUT2D eigenvalue weighted by Gasteiger charge is -2.12. The first-order chi connectivity index (χ1) is 10.2. The number of para-hydroxylation sites is 1. The summed E-state index contributed by atoms with van der Waals surface area (Å²) in [6.45, 7) is 0. The summed E-state index contributed by atoms with van der Waals surface area (Å²) in [6, 6.07) is 15.6. The number of halogens is 1. The van der Waals surface area contributed by atoms with Gasteiger partial charge in [0, 0.05) is 9.86 Å². The molecule has 0 aliphatic rings. The molecule has 0 aliphatic heterocycles. The van der Waals surface area contributed by atoms with Crippen molar-refractivity contribution in [2.24, 2.45) is 5.73 Å². The fourth-order valence-corrected chi connectivity index (χ4v) is 2.84. The highest BCUT2D eigenvalue weighted by molar-refractivity contribution is 9.10. The van der Waals surface area contributed by atoms with Crippen LogP contribution in [0.1, 0.15) is 17.4 Å². The molecule has 0 spiro atoms. The summed E-state index contributed by atoms with van der Waals surface area (Å²) in [6.07, 6.45) is 0.655. The number of hydrogen-bond donors (Lipinski definition) is 1. The zero-order chi connectivity index (χ0) is 14.8. The average molecular weight is 346 g/mol. The Hall–Kier alpha value is -1.78. The fourth-order valence-electron chi connectivity index (χ4n) is 2.43. The number of furan rings is 1. The molecule has 0 radical (unpaired) electrons. The highest BCUT2D eigenvalue weighted by Gasteiger charge is 2.15. The molecule has 108 valence electrons. The lowest BCUT2D eigenvalue weighted by Crippen LogP contribution is -2.13. The first kappa shape index (κ1) is 14.2. The van der Waals surface area contributed by atoms with Crippen molar-refractivity contribution in [2.45, 2.75) is 12.5 Å². The SMILES string of the molecule is COc1ccc(Br)cc1CC(N)c1cc2ccccc2o1. The van der Waals surface area contributed by atoms with E-state index in [4.69, 9.17) is 14.9 Å². The van der Waals surface area contributed by atoms with E-state index < -0.39 is 0 Å². The molecule has 21 heavy (non-hydrogen) atoms. The maximum atomic E-state index is 6.30. The van der Waals surface area contributed by atoms with Crippen molar-refractivity contribution in [1.29, 1.82) is 0 Å². The smallest absolute Gasteiger partial charge is 0.134 e. The summed E-state index contributed by atoms with van der Waals surface area (Å²) in [4.78, 5) is 0. The molecule has 0 amide bonds. The van der Waals surface area contributed by atoms with Crippen LogP contribution in [0.15, 0.2) is 57.4 Å². The Labute approximate surface area is 131 Å². The molecular weight excluding hydrogens is 330 g/mol. The van der Waals surface area contributed by atoms with Gasteiger partial charge in [-0.05, 0) is 42.3 Å². The molecule has 3 nitrogen and oxygen atoms in total. The van der Waals surface area contributed by atoms with Crippen LogP contribution in [0.25, 0.3) is 11.0 Å². The first-order valence-electron chi connectivity index (χ1n) is 6.74. The first-order valence-corrected chi connectivity index (χ1v) is 7.53. The summed E-state index contributed by atoms with van der Waals surface area (Å²) in [5.41, 5.74) is 8.22. The van der Waals surface area contributed by atoms with Crippen molar-refractivity contribution >= 4 is 26.9 Å². The van der Waals surface area contributed by atoms with Crippen molar-refractivity contribution in [1.82, 2.24) is 0 Å². The number of benzene rings is 2. The standard InChI is InChI=1S/C17H16BrNO2/c1-20-15-7-6-13(18)8-12(15)9-14(19)17-10-11-4-2-3-5-16(11)21-17/h2-8,10,14H,9,19H2,1H3. The van der Waals surface area contributed by atoms with E-state index in [0.717, 1.165) is 32.5 Å². The van der Waals surface area contributed by atoms with Crippen LogP contribution in [0.3, 0.4) is 0 Å². The molecule has 4 heteroatoms. The van der Waals surface area contributed by atoms with E-state index in [1.807, 2.05) is 48.5 Å². The van der Waals surface area contributed by atoms with Gasteiger partial charge >= 0.3 is 0 Å². The second-order valence-corrected chi connectivity index (χ2v) is 5.87. The molecular formula is C17H16BrNO2. The Kier molecular flexibility index (Phi) is 3.99. The number of nitrogens with two attached hydrogens (primary N) is 1. The van der Waals surface area contributed by atoms with Crippen molar-refractivity contribution < 1.29 is 9.15 Å². The third-order valence-corrected chi connectivity index (χ3v) is 3.99. The monoisotopic (exact) mass is 345 g/mol. The second kappa shape index (κ2) is 5.92. The topological polar surface area (TPSA) is 48.4 Å². The van der Waals surface area contributed by atoms with Gasteiger partial charge in [0.15, 0.2) is 0 Å². The molecule has 1 aromatic heterocycles. The molecule has 0 saturated carbocycles. The fraction of sp³-hybridized carbons (Fsp3) is 0.176. The van der Waals surface area contributed by atoms with Gasteiger partial charge in [-0.15, -0.1) is 0 Å². The molecule has 2 N–H and O–H groups in total. The van der Waals surface area contributed by atoms with Crippen LogP contribution in [0.4, 0.5) is 0 Å². The summed E-state index contributed by atoms with van der Waals surface area (Å²) >= 11 is 3.48. The Morgan fingerprint density at radius 2 is 2.00 bits per heavy atom. The van der Waals surface area contributed by atoms with Gasteiger partial charge < -0.3 is 14.9 Å². The Morgan fingerprint density at radius 1 is 1.19 bits per heavy atom. The summed E-state index contributed by atoms with van der Waals surface area (Å²) in [5.74, 6) is 1.63. The maximum absolute atomic E-state index is 6.30. The van der Waals surface area contributed by atoms with Gasteiger partial charge in [0.1, 0.15) is 17.1 Å². The van der Waals surface area contributed by atoms with Gasteiger partial charge in [-0.25, -0.2) is 0 Å². The van der Waals surface area contributed by atoms with Crippen molar-refractivity contribution in [2.75, 3.05) is 7.11 Å². The molecule has 1 heterocycles. The lowest BCUT2D eigenvalue weighted by atomic mass is 10.0. The van der Waals surface area contributed by atoms with E-state index in [0.29, 0.717) is 6.42 Å². The molecule has 3 aromatic rings. The Bertz CT molecular complexity index is 733. The average Bonchev–Trinajstić information content (AvgIpc) is 2.91. The minimum atomic E-state index is -0.208. The third kappa shape index (κ3) is 2.96. The molecule has 2 aromatic carbocycles. The van der Waals surface area contributed by atoms with Gasteiger partial charge in [-0.3, -0.25) is 0 Å². The van der Waals surface area contributed by atoms with E-state index in [2.05, 4.69) is 15.9 Å². The minimum Gasteiger partial charge on any atom is -0.496 e. The van der Waals surface area contributed by atoms with Gasteiger partial charge in [0.05, 0.1) is 13.2 Å². The molecule has 1 unspecified atom stereocenters. The van der Waals surface area contributed by atoms with E-state index in [-0.39, 0.29) is 6.04 Å². The van der Waals surface area contributed by atoms with E-state index >= 15 is 0 Å². The predicted molar refractivity (Wildman–Crippen MR) is 87.5 cm³/mol. The molecule has 1 atom stereocenters. The van der Waals surface area contributed by atoms with Crippen LogP contribution in [-0.4, -0.2) is 7.11 Å². The minimum absolute atomic E-state index is 0.208. The van der Waals surface area contributed by atoms with Crippen LogP contribution in [-0.2, 0) is 6.42 Å². The lowest BCUT2D eigenvalue weighted by molar-refractivity contribution is 0.405. The van der Waals surface area contributed by atoms with Crippen LogP contribution in [0.5, 0.6) is 5.75 Å². The van der Waals surface area contributed by atoms with E-state index in [1.165, 1.54) is 0 Å². The van der Waals surface area contributed by atoms with Gasteiger partial charge in [-0.1, -0.05) is 34.1 Å². The van der Waals surface area contributed by atoms with Crippen LogP contribution in [0.2, 0.25) is 0 Å². The molecule has 3 rings (SSSR count). The normalized spacial score (nSPS) is 12.5. The highest BCUT2D eigenvalue weighted by atomic mass is 79.9. The van der Waals surface area contributed by atoms with Crippen molar-refractivity contribution in [3.8, 4) is 5.75 Å². The van der Waals surface area contributed by atoms with E-state index in [1.54, 1.807) is 7.11 Å². The number of ether oxygens (including phenoxy) is 1. The van der Waals surface area contributed by atoms with Crippen LogP contribution in [0, 0.1) is 0 Å². The van der Waals surface area contributed by atoms with Gasteiger partial charge in [0.2, 0.25) is 0 Å². The van der Waals surface area contributed by atoms with Crippen LogP contribution >= 0.6 is 15.9 Å². The zero-order valence-electron chi connectivity index (χ0n) is 11.7. The van der Waals surface area contributed by atoms with Crippen molar-refractivity contribution in [3.05, 3.63) is 64.3 Å². The quantitative estimate of drug-likeness (QED) is 0.759. The second-order valence-electron chi connectivity index (χ2n) is 4.95. The Balaban J connectivity index is 1.89. The number of methoxy groups -OCH3 is 1. The molecule has 0 bridgehead atoms. The molecule has 0 saturated heterocycles. The molecule has 0 aliphatic carbocycles. The zero-order valence-corrected chi connectivity index (χ0v) is 13.3. The molecule has 0 fully saturated rings. The number of fused-ring (bicyclic) bond motifs is 1. The highest BCUT2D eigenvalue weighted by Crippen LogP contribution is 2.29. The third-order valence-electron chi connectivity index (χ3n) is 3.49. The van der Waals surface area contributed by atoms with Gasteiger partial charge in [0.25, 0.3) is 0 Å². The maximum Gasteiger partial charge on any atom is 0.134 e. The van der Waals surface area contributed by atoms with E-state index in [9.17, 15) is 0 Å².